The molecule has 0 saturated heterocycles. The van der Waals surface area contributed by atoms with Gasteiger partial charge in [0.2, 0.25) is 0 Å². The summed E-state index contributed by atoms with van der Waals surface area (Å²) in [6.07, 6.45) is 3.58. The van der Waals surface area contributed by atoms with Gasteiger partial charge in [0.1, 0.15) is 4.88 Å². The fourth-order valence-corrected chi connectivity index (χ4v) is 2.46. The van der Waals surface area contributed by atoms with Crippen LogP contribution in [0, 0.1) is 6.92 Å². The summed E-state index contributed by atoms with van der Waals surface area (Å²) in [5.74, 6) is -0.859. The number of aromatic carboxylic acids is 1. The third kappa shape index (κ3) is 2.94. The molecule has 0 spiro atoms. The third-order valence-electron chi connectivity index (χ3n) is 2.71. The van der Waals surface area contributed by atoms with Crippen LogP contribution in [0.2, 0.25) is 0 Å². The van der Waals surface area contributed by atoms with Crippen LogP contribution in [0.3, 0.4) is 0 Å². The number of hydrogen-bond acceptors (Lipinski definition) is 4. The average molecular weight is 262 g/mol. The Bertz CT molecular complexity index is 551. The lowest BCUT2D eigenvalue weighted by atomic mass is 10.1. The van der Waals surface area contributed by atoms with Crippen molar-refractivity contribution >= 4 is 17.3 Å². The van der Waals surface area contributed by atoms with Gasteiger partial charge in [-0.2, -0.15) is 0 Å². The third-order valence-corrected chi connectivity index (χ3v) is 3.65. The molecule has 5 heteroatoms. The fraction of sp³-hybridized carbons (Fsp3) is 0.231. The number of aryl methyl sites for hydroxylation is 1. The second-order valence-electron chi connectivity index (χ2n) is 3.99. The van der Waals surface area contributed by atoms with Crippen molar-refractivity contribution in [3.05, 3.63) is 51.5 Å². The summed E-state index contributed by atoms with van der Waals surface area (Å²) in [5.41, 5.74) is 3.14. The summed E-state index contributed by atoms with van der Waals surface area (Å²) in [6, 6.07) is 3.81. The quantitative estimate of drug-likeness (QED) is 0.868. The summed E-state index contributed by atoms with van der Waals surface area (Å²) in [6.45, 7) is 3.29. The lowest BCUT2D eigenvalue weighted by Crippen LogP contribution is -2.14. The zero-order valence-corrected chi connectivity index (χ0v) is 10.8. The molecule has 0 radical (unpaired) electrons. The lowest BCUT2D eigenvalue weighted by molar-refractivity contribution is 0.0701. The highest BCUT2D eigenvalue weighted by atomic mass is 32.1. The second-order valence-corrected chi connectivity index (χ2v) is 4.90. The summed E-state index contributed by atoms with van der Waals surface area (Å²) in [7, 11) is 0. The van der Waals surface area contributed by atoms with E-state index in [0.29, 0.717) is 18.0 Å². The van der Waals surface area contributed by atoms with Gasteiger partial charge in [0.05, 0.1) is 0 Å². The molecule has 0 aliphatic rings. The first kappa shape index (κ1) is 12.7. The molecule has 0 bridgehead atoms. The number of carboxylic acid groups (broad SMARTS) is 1. The minimum absolute atomic E-state index is 0.411. The smallest absolute Gasteiger partial charge is 0.346 e. The molecule has 2 aromatic heterocycles. The first-order chi connectivity index (χ1) is 8.68. The van der Waals surface area contributed by atoms with E-state index in [1.807, 2.05) is 25.3 Å². The van der Waals surface area contributed by atoms with Crippen LogP contribution in [0.5, 0.6) is 0 Å². The van der Waals surface area contributed by atoms with E-state index in [9.17, 15) is 4.79 Å². The van der Waals surface area contributed by atoms with Crippen LogP contribution in [0.1, 0.15) is 26.4 Å². The summed E-state index contributed by atoms with van der Waals surface area (Å²) < 4.78 is 0. The molecule has 2 N–H and O–H groups in total. The molecule has 2 aromatic rings. The van der Waals surface area contributed by atoms with Crippen molar-refractivity contribution in [2.45, 2.75) is 20.0 Å². The summed E-state index contributed by atoms with van der Waals surface area (Å²) >= 11 is 1.26. The molecule has 94 valence electrons. The highest BCUT2D eigenvalue weighted by molar-refractivity contribution is 7.12. The van der Waals surface area contributed by atoms with E-state index in [2.05, 4.69) is 10.3 Å². The number of thiophene rings is 1. The van der Waals surface area contributed by atoms with Crippen LogP contribution in [0.25, 0.3) is 0 Å². The molecule has 0 fully saturated rings. The Morgan fingerprint density at radius 3 is 2.89 bits per heavy atom. The first-order valence-corrected chi connectivity index (χ1v) is 6.46. The van der Waals surface area contributed by atoms with E-state index in [1.165, 1.54) is 16.9 Å². The maximum absolute atomic E-state index is 10.9. The maximum atomic E-state index is 10.9. The Kier molecular flexibility index (Phi) is 4.07. The lowest BCUT2D eigenvalue weighted by Gasteiger charge is -2.07. The maximum Gasteiger partial charge on any atom is 0.346 e. The second kappa shape index (κ2) is 5.75. The number of nitrogens with zero attached hydrogens (tertiary/aromatic N) is 1. The molecule has 0 atom stereocenters. The number of carboxylic acids is 1. The molecule has 4 nitrogen and oxygen atoms in total. The molecule has 0 aliphatic carbocycles. The Morgan fingerprint density at radius 1 is 1.39 bits per heavy atom. The van der Waals surface area contributed by atoms with Crippen LogP contribution in [0.4, 0.5) is 0 Å². The number of nitrogens with one attached hydrogen (secondary N) is 1. The van der Waals surface area contributed by atoms with Crippen molar-refractivity contribution in [2.24, 2.45) is 0 Å². The monoisotopic (exact) mass is 262 g/mol. The number of carbonyl (C=O) groups is 1. The average Bonchev–Trinajstić information content (AvgIpc) is 2.80. The van der Waals surface area contributed by atoms with Crippen molar-refractivity contribution in [1.82, 2.24) is 10.3 Å². The Hall–Kier alpha value is -1.72. The van der Waals surface area contributed by atoms with Gasteiger partial charge in [0, 0.05) is 25.5 Å². The van der Waals surface area contributed by atoms with Gasteiger partial charge >= 0.3 is 5.97 Å². The van der Waals surface area contributed by atoms with Gasteiger partial charge in [-0.15, -0.1) is 11.3 Å². The summed E-state index contributed by atoms with van der Waals surface area (Å²) in [5, 5.41) is 14.0. The number of hydrogen-bond donors (Lipinski definition) is 2. The first-order valence-electron chi connectivity index (χ1n) is 5.58. The van der Waals surface area contributed by atoms with Gasteiger partial charge in [-0.25, -0.2) is 4.79 Å². The van der Waals surface area contributed by atoms with Crippen molar-refractivity contribution in [2.75, 3.05) is 0 Å². The van der Waals surface area contributed by atoms with Crippen LogP contribution in [-0.4, -0.2) is 16.1 Å². The van der Waals surface area contributed by atoms with Gasteiger partial charge in [-0.1, -0.05) is 0 Å². The number of rotatable bonds is 5. The molecular formula is C13H14N2O2S. The van der Waals surface area contributed by atoms with Gasteiger partial charge in [-0.05, 0) is 41.1 Å². The Morgan fingerprint density at radius 2 is 2.17 bits per heavy atom. The number of aromatic nitrogens is 1. The normalized spacial score (nSPS) is 10.5. The molecule has 0 aromatic carbocycles. The molecule has 0 unspecified atom stereocenters. The molecule has 2 rings (SSSR count). The zero-order valence-electron chi connectivity index (χ0n) is 10.0. The highest BCUT2D eigenvalue weighted by Gasteiger charge is 2.10. The number of pyridine rings is 1. The minimum atomic E-state index is -0.859. The molecule has 2 heterocycles. The Labute approximate surface area is 109 Å². The topological polar surface area (TPSA) is 62.2 Å². The molecule has 0 aliphatic heterocycles. The van der Waals surface area contributed by atoms with Crippen molar-refractivity contribution in [3.63, 3.8) is 0 Å². The molecule has 18 heavy (non-hydrogen) atoms. The van der Waals surface area contributed by atoms with Crippen molar-refractivity contribution in [3.8, 4) is 0 Å². The van der Waals surface area contributed by atoms with Crippen LogP contribution < -0.4 is 5.32 Å². The van der Waals surface area contributed by atoms with Gasteiger partial charge in [0.25, 0.3) is 0 Å². The van der Waals surface area contributed by atoms with Gasteiger partial charge in [-0.3, -0.25) is 4.98 Å². The Balaban J connectivity index is 1.95. The zero-order chi connectivity index (χ0) is 13.0. The summed E-state index contributed by atoms with van der Waals surface area (Å²) in [4.78, 5) is 15.4. The van der Waals surface area contributed by atoms with Crippen LogP contribution >= 0.6 is 11.3 Å². The van der Waals surface area contributed by atoms with E-state index in [0.717, 1.165) is 11.1 Å². The van der Waals surface area contributed by atoms with E-state index in [-0.39, 0.29) is 0 Å². The van der Waals surface area contributed by atoms with E-state index in [4.69, 9.17) is 5.11 Å². The van der Waals surface area contributed by atoms with E-state index < -0.39 is 5.97 Å². The highest BCUT2D eigenvalue weighted by Crippen LogP contribution is 2.16. The predicted octanol–water partition coefficient (Wildman–Crippen LogP) is 2.44. The molecule has 0 saturated carbocycles. The van der Waals surface area contributed by atoms with Crippen molar-refractivity contribution < 1.29 is 9.90 Å². The molecule has 0 amide bonds. The standard InChI is InChI=1S/C13H14N2O2S/c1-9-6-14-4-2-10(9)7-15-8-11-3-5-18-12(11)13(16)17/h2-6,15H,7-8H2,1H3,(H,16,17). The fourth-order valence-electron chi connectivity index (χ4n) is 1.69. The predicted molar refractivity (Wildman–Crippen MR) is 70.8 cm³/mol. The van der Waals surface area contributed by atoms with E-state index >= 15 is 0 Å². The van der Waals surface area contributed by atoms with Crippen LogP contribution in [0.15, 0.2) is 29.9 Å². The van der Waals surface area contributed by atoms with E-state index in [1.54, 1.807) is 11.6 Å². The van der Waals surface area contributed by atoms with Gasteiger partial charge in [0.15, 0.2) is 0 Å². The minimum Gasteiger partial charge on any atom is -0.477 e. The van der Waals surface area contributed by atoms with Crippen LogP contribution in [-0.2, 0) is 13.1 Å². The van der Waals surface area contributed by atoms with Crippen molar-refractivity contribution in [1.29, 1.82) is 0 Å². The van der Waals surface area contributed by atoms with Gasteiger partial charge < -0.3 is 10.4 Å². The molecular weight excluding hydrogens is 248 g/mol. The largest absolute Gasteiger partial charge is 0.477 e. The SMILES string of the molecule is Cc1cnccc1CNCc1ccsc1C(=O)O.